The molecule has 0 radical (unpaired) electrons. The third-order valence-corrected chi connectivity index (χ3v) is 1.84. The number of rotatable bonds is 1. The minimum atomic E-state index is -0.169. The number of nitrogens with two attached hydrogens (primary N) is 1. The quantitative estimate of drug-likeness (QED) is 0.376. The van der Waals surface area contributed by atoms with E-state index in [0.29, 0.717) is 16.8 Å². The number of carbonyl (C=O) groups is 1. The predicted molar refractivity (Wildman–Crippen MR) is 47.3 cm³/mol. The van der Waals surface area contributed by atoms with Crippen LogP contribution in [-0.2, 0) is 0 Å². The zero-order valence-electron chi connectivity index (χ0n) is 7.09. The fourth-order valence-corrected chi connectivity index (χ4v) is 1.16. The van der Waals surface area contributed by atoms with E-state index < -0.39 is 0 Å². The molecule has 0 saturated heterocycles. The Labute approximate surface area is 70.8 Å². The van der Waals surface area contributed by atoms with Gasteiger partial charge in [0.15, 0.2) is 5.78 Å². The highest BCUT2D eigenvalue weighted by Crippen LogP contribution is 2.25. The van der Waals surface area contributed by atoms with Gasteiger partial charge in [0.1, 0.15) is 5.75 Å². The van der Waals surface area contributed by atoms with Gasteiger partial charge >= 0.3 is 0 Å². The molecule has 0 aliphatic carbocycles. The van der Waals surface area contributed by atoms with Gasteiger partial charge in [0, 0.05) is 5.69 Å². The maximum atomic E-state index is 11.0. The van der Waals surface area contributed by atoms with Crippen LogP contribution in [0.2, 0.25) is 0 Å². The lowest BCUT2D eigenvalue weighted by Gasteiger charge is -2.06. The Bertz CT molecular complexity index is 332. The highest BCUT2D eigenvalue weighted by atomic mass is 16.3. The smallest absolute Gasteiger partial charge is 0.163 e. The Morgan fingerprint density at radius 3 is 2.50 bits per heavy atom. The van der Waals surface area contributed by atoms with Crippen LogP contribution >= 0.6 is 0 Å². The summed E-state index contributed by atoms with van der Waals surface area (Å²) in [6, 6.07) is 3.01. The second-order valence-electron chi connectivity index (χ2n) is 2.73. The summed E-state index contributed by atoms with van der Waals surface area (Å²) in [5.41, 5.74) is 7.05. The van der Waals surface area contributed by atoms with Crippen molar-refractivity contribution in [1.29, 1.82) is 0 Å². The van der Waals surface area contributed by atoms with E-state index in [4.69, 9.17) is 5.73 Å². The molecular formula is C9H11NO2. The van der Waals surface area contributed by atoms with Crippen LogP contribution in [0.25, 0.3) is 0 Å². The lowest BCUT2D eigenvalue weighted by atomic mass is 10.0. The average molecular weight is 165 g/mol. The summed E-state index contributed by atoms with van der Waals surface area (Å²) in [6.45, 7) is 3.12. The van der Waals surface area contributed by atoms with E-state index in [-0.39, 0.29) is 11.5 Å². The molecule has 0 bridgehead atoms. The fourth-order valence-electron chi connectivity index (χ4n) is 1.16. The standard InChI is InChI=1S/C9H11NO2/c1-5-7(10)3-4-8(12)9(5)6(2)11/h3-4,12H,10H2,1-2H3. The first-order chi connectivity index (χ1) is 5.54. The van der Waals surface area contributed by atoms with E-state index in [2.05, 4.69) is 0 Å². The lowest BCUT2D eigenvalue weighted by Crippen LogP contribution is -2.00. The molecule has 1 aromatic carbocycles. The van der Waals surface area contributed by atoms with Crippen molar-refractivity contribution >= 4 is 11.5 Å². The summed E-state index contributed by atoms with van der Waals surface area (Å²) in [4.78, 5) is 11.0. The second kappa shape index (κ2) is 2.85. The van der Waals surface area contributed by atoms with Gasteiger partial charge in [-0.15, -0.1) is 0 Å². The van der Waals surface area contributed by atoms with Crippen LogP contribution in [0.5, 0.6) is 5.75 Å². The minimum absolute atomic E-state index is 0.00537. The number of nitrogen functional groups attached to an aromatic ring is 1. The zero-order valence-corrected chi connectivity index (χ0v) is 7.09. The van der Waals surface area contributed by atoms with Crippen molar-refractivity contribution in [3.8, 4) is 5.75 Å². The van der Waals surface area contributed by atoms with Crippen molar-refractivity contribution in [3.05, 3.63) is 23.3 Å². The third kappa shape index (κ3) is 1.25. The third-order valence-electron chi connectivity index (χ3n) is 1.84. The lowest BCUT2D eigenvalue weighted by molar-refractivity contribution is 0.101. The van der Waals surface area contributed by atoms with Crippen LogP contribution in [-0.4, -0.2) is 10.9 Å². The van der Waals surface area contributed by atoms with Crippen LogP contribution in [0.3, 0.4) is 0 Å². The summed E-state index contributed by atoms with van der Waals surface area (Å²) in [5.74, 6) is -0.175. The van der Waals surface area contributed by atoms with Gasteiger partial charge in [0.2, 0.25) is 0 Å². The van der Waals surface area contributed by atoms with Gasteiger partial charge < -0.3 is 10.8 Å². The molecule has 0 aromatic heterocycles. The fraction of sp³-hybridized carbons (Fsp3) is 0.222. The molecule has 0 aliphatic rings. The minimum Gasteiger partial charge on any atom is -0.507 e. The van der Waals surface area contributed by atoms with Crippen molar-refractivity contribution in [1.82, 2.24) is 0 Å². The number of hydrogen-bond donors (Lipinski definition) is 2. The first kappa shape index (κ1) is 8.59. The molecule has 0 heterocycles. The van der Waals surface area contributed by atoms with Crippen LogP contribution in [0.15, 0.2) is 12.1 Å². The molecule has 0 saturated carbocycles. The second-order valence-corrected chi connectivity index (χ2v) is 2.73. The van der Waals surface area contributed by atoms with Gasteiger partial charge in [-0.05, 0) is 31.5 Å². The molecule has 0 unspecified atom stereocenters. The van der Waals surface area contributed by atoms with E-state index in [1.807, 2.05) is 0 Å². The Kier molecular flexibility index (Phi) is 2.04. The van der Waals surface area contributed by atoms with Crippen molar-refractivity contribution in [2.45, 2.75) is 13.8 Å². The number of aromatic hydroxyl groups is 1. The summed E-state index contributed by atoms with van der Waals surface area (Å²) in [6.07, 6.45) is 0. The zero-order chi connectivity index (χ0) is 9.30. The summed E-state index contributed by atoms with van der Waals surface area (Å²) >= 11 is 0. The van der Waals surface area contributed by atoms with Gasteiger partial charge in [-0.2, -0.15) is 0 Å². The monoisotopic (exact) mass is 165 g/mol. The number of Topliss-reactive ketones (excluding diaryl/α,β-unsaturated/α-hetero) is 1. The van der Waals surface area contributed by atoms with Crippen LogP contribution < -0.4 is 5.73 Å². The molecule has 0 spiro atoms. The van der Waals surface area contributed by atoms with Gasteiger partial charge in [-0.3, -0.25) is 4.79 Å². The largest absolute Gasteiger partial charge is 0.507 e. The normalized spacial score (nSPS) is 9.83. The van der Waals surface area contributed by atoms with E-state index in [1.54, 1.807) is 13.0 Å². The van der Waals surface area contributed by atoms with Crippen LogP contribution in [0, 0.1) is 6.92 Å². The molecule has 64 valence electrons. The molecule has 0 atom stereocenters. The van der Waals surface area contributed by atoms with Crippen LogP contribution in [0.4, 0.5) is 5.69 Å². The van der Waals surface area contributed by atoms with Gasteiger partial charge in [-0.25, -0.2) is 0 Å². The molecule has 3 nitrogen and oxygen atoms in total. The molecule has 3 N–H and O–H groups in total. The van der Waals surface area contributed by atoms with E-state index in [1.165, 1.54) is 13.0 Å². The van der Waals surface area contributed by atoms with E-state index in [9.17, 15) is 9.90 Å². The van der Waals surface area contributed by atoms with Crippen molar-refractivity contribution < 1.29 is 9.90 Å². The first-order valence-corrected chi connectivity index (χ1v) is 3.63. The Morgan fingerprint density at radius 2 is 2.08 bits per heavy atom. The number of phenolic OH excluding ortho intramolecular Hbond substituents is 1. The Morgan fingerprint density at radius 1 is 1.50 bits per heavy atom. The average Bonchev–Trinajstić information content (AvgIpc) is 1.97. The summed E-state index contributed by atoms with van der Waals surface area (Å²) in [5, 5.41) is 9.31. The van der Waals surface area contributed by atoms with Gasteiger partial charge in [0.25, 0.3) is 0 Å². The van der Waals surface area contributed by atoms with Crippen LogP contribution in [0.1, 0.15) is 22.8 Å². The van der Waals surface area contributed by atoms with Crippen molar-refractivity contribution in [3.63, 3.8) is 0 Å². The summed E-state index contributed by atoms with van der Waals surface area (Å²) in [7, 11) is 0. The number of hydrogen-bond acceptors (Lipinski definition) is 3. The molecule has 12 heavy (non-hydrogen) atoms. The molecule has 1 rings (SSSR count). The molecule has 0 amide bonds. The number of ketones is 1. The predicted octanol–water partition coefficient (Wildman–Crippen LogP) is 1.49. The summed E-state index contributed by atoms with van der Waals surface area (Å²) < 4.78 is 0. The van der Waals surface area contributed by atoms with E-state index >= 15 is 0 Å². The number of benzene rings is 1. The topological polar surface area (TPSA) is 63.3 Å². The molecule has 0 aliphatic heterocycles. The maximum Gasteiger partial charge on any atom is 0.163 e. The number of phenols is 1. The molecule has 0 fully saturated rings. The van der Waals surface area contributed by atoms with E-state index in [0.717, 1.165) is 0 Å². The molecule has 1 aromatic rings. The SMILES string of the molecule is CC(=O)c1c(O)ccc(N)c1C. The number of carbonyl (C=O) groups excluding carboxylic acids is 1. The maximum absolute atomic E-state index is 11.0. The highest BCUT2D eigenvalue weighted by molar-refractivity contribution is 5.99. The first-order valence-electron chi connectivity index (χ1n) is 3.63. The van der Waals surface area contributed by atoms with Crippen molar-refractivity contribution in [2.24, 2.45) is 0 Å². The van der Waals surface area contributed by atoms with Crippen molar-refractivity contribution in [2.75, 3.05) is 5.73 Å². The molecule has 3 heteroatoms. The Balaban J connectivity index is 3.43. The van der Waals surface area contributed by atoms with Gasteiger partial charge in [-0.1, -0.05) is 0 Å². The molecular weight excluding hydrogens is 154 g/mol. The Hall–Kier alpha value is -1.51. The van der Waals surface area contributed by atoms with Gasteiger partial charge in [0.05, 0.1) is 5.56 Å². The number of anilines is 1. The highest BCUT2D eigenvalue weighted by Gasteiger charge is 2.11.